The number of urea groups is 1. The van der Waals surface area contributed by atoms with Crippen molar-refractivity contribution in [3.05, 3.63) is 41.7 Å². The number of hydrogen-bond acceptors (Lipinski definition) is 5. The fourth-order valence-corrected chi connectivity index (χ4v) is 3.60. The van der Waals surface area contributed by atoms with E-state index in [1.165, 1.54) is 11.8 Å². The third-order valence-corrected chi connectivity index (χ3v) is 5.33. The predicted molar refractivity (Wildman–Crippen MR) is 109 cm³/mol. The van der Waals surface area contributed by atoms with E-state index in [0.29, 0.717) is 17.6 Å². The first-order chi connectivity index (χ1) is 13.2. The second kappa shape index (κ2) is 8.34. The molecule has 8 heteroatoms. The van der Waals surface area contributed by atoms with E-state index < -0.39 is 16.8 Å². The van der Waals surface area contributed by atoms with Crippen LogP contribution in [0.4, 0.5) is 4.79 Å². The fourth-order valence-electron chi connectivity index (χ4n) is 2.74. The van der Waals surface area contributed by atoms with Crippen molar-refractivity contribution in [1.29, 1.82) is 0 Å². The second-order valence-electron chi connectivity index (χ2n) is 8.14. The van der Waals surface area contributed by atoms with Crippen LogP contribution in [0.2, 0.25) is 0 Å². The summed E-state index contributed by atoms with van der Waals surface area (Å²) in [5.74, 6) is 1.07. The normalized spacial score (nSPS) is 15.1. The van der Waals surface area contributed by atoms with E-state index in [-0.39, 0.29) is 5.91 Å². The van der Waals surface area contributed by atoms with Gasteiger partial charge in [-0.1, -0.05) is 42.1 Å². The first kappa shape index (κ1) is 20.4. The summed E-state index contributed by atoms with van der Waals surface area (Å²) in [5.41, 5.74) is 0.753. The molecule has 2 N–H and O–H groups in total. The van der Waals surface area contributed by atoms with Gasteiger partial charge in [-0.15, -0.1) is 10.2 Å². The van der Waals surface area contributed by atoms with Gasteiger partial charge in [0.15, 0.2) is 5.16 Å². The quantitative estimate of drug-likeness (QED) is 0.725. The van der Waals surface area contributed by atoms with Crippen LogP contribution >= 0.6 is 11.8 Å². The van der Waals surface area contributed by atoms with Gasteiger partial charge in [-0.2, -0.15) is 0 Å². The molecule has 1 heterocycles. The molecule has 1 atom stereocenters. The number of rotatable bonds is 6. The molecule has 0 radical (unpaired) electrons. The highest BCUT2D eigenvalue weighted by atomic mass is 32.2. The minimum atomic E-state index is -0.491. The smallest absolute Gasteiger partial charge is 0.321 e. The maximum absolute atomic E-state index is 12.4. The first-order valence-corrected chi connectivity index (χ1v) is 10.4. The molecule has 28 heavy (non-hydrogen) atoms. The second-order valence-corrected chi connectivity index (χ2v) is 9.45. The average Bonchev–Trinajstić information content (AvgIpc) is 3.38. The number of hydrogen-bond donors (Lipinski definition) is 2. The van der Waals surface area contributed by atoms with Gasteiger partial charge in [0, 0.05) is 11.5 Å². The van der Waals surface area contributed by atoms with Gasteiger partial charge in [0.25, 0.3) is 0 Å². The Bertz CT molecular complexity index is 840. The van der Waals surface area contributed by atoms with Crippen molar-refractivity contribution in [2.45, 2.75) is 68.9 Å². The van der Waals surface area contributed by atoms with Crippen molar-refractivity contribution in [3.63, 3.8) is 0 Å². The molecule has 1 aliphatic carbocycles. The summed E-state index contributed by atoms with van der Waals surface area (Å²) >= 11 is 1.32. The molecule has 3 rings (SSSR count). The Kier molecular flexibility index (Phi) is 6.07. The summed E-state index contributed by atoms with van der Waals surface area (Å²) in [4.78, 5) is 24.4. The summed E-state index contributed by atoms with van der Waals surface area (Å²) in [6.45, 7) is 8.02. The summed E-state index contributed by atoms with van der Waals surface area (Å²) in [7, 11) is 0. The van der Waals surface area contributed by atoms with E-state index in [1.807, 2.05) is 39.0 Å². The van der Waals surface area contributed by atoms with Crippen molar-refractivity contribution >= 4 is 23.7 Å². The minimum Gasteiger partial charge on any atom is -0.333 e. The summed E-state index contributed by atoms with van der Waals surface area (Å²) in [6.07, 6.45) is 2.25. The molecule has 150 valence electrons. The number of nitrogens with zero attached hydrogens (tertiary/aromatic N) is 3. The van der Waals surface area contributed by atoms with Crippen molar-refractivity contribution in [1.82, 2.24) is 25.4 Å². The molecule has 1 aromatic carbocycles. The third kappa shape index (κ3) is 5.58. The number of amides is 3. The maximum atomic E-state index is 12.4. The van der Waals surface area contributed by atoms with Gasteiger partial charge in [0.2, 0.25) is 5.91 Å². The van der Waals surface area contributed by atoms with Gasteiger partial charge in [0.1, 0.15) is 5.82 Å². The lowest BCUT2D eigenvalue weighted by Gasteiger charge is -2.21. The van der Waals surface area contributed by atoms with E-state index in [1.54, 1.807) is 6.92 Å². The van der Waals surface area contributed by atoms with Crippen LogP contribution in [-0.2, 0) is 11.3 Å². The molecule has 1 fully saturated rings. The Labute approximate surface area is 169 Å². The molecule has 1 unspecified atom stereocenters. The molecule has 3 amide bonds. The molecule has 1 aliphatic rings. The van der Waals surface area contributed by atoms with Crippen LogP contribution in [-0.4, -0.2) is 37.5 Å². The van der Waals surface area contributed by atoms with Crippen LogP contribution in [0.5, 0.6) is 0 Å². The van der Waals surface area contributed by atoms with Crippen LogP contribution in [0.15, 0.2) is 35.5 Å². The van der Waals surface area contributed by atoms with Crippen molar-refractivity contribution in [3.8, 4) is 0 Å². The van der Waals surface area contributed by atoms with Crippen molar-refractivity contribution in [2.75, 3.05) is 0 Å². The van der Waals surface area contributed by atoms with E-state index in [9.17, 15) is 9.59 Å². The van der Waals surface area contributed by atoms with Gasteiger partial charge in [-0.25, -0.2) is 4.79 Å². The molecule has 0 aliphatic heterocycles. The SMILES string of the molecule is CC(Sc1nnc(C2CC2)n1Cc1ccccc1)C(=O)NC(=O)NC(C)(C)C. The number of benzene rings is 1. The van der Waals surface area contributed by atoms with E-state index in [4.69, 9.17) is 0 Å². The van der Waals surface area contributed by atoms with Crippen molar-refractivity contribution < 1.29 is 9.59 Å². The minimum absolute atomic E-state index is 0.353. The number of nitrogens with one attached hydrogen (secondary N) is 2. The topological polar surface area (TPSA) is 88.9 Å². The summed E-state index contributed by atoms with van der Waals surface area (Å²) < 4.78 is 2.09. The number of aromatic nitrogens is 3. The number of carbonyl (C=O) groups excluding carboxylic acids is 2. The zero-order valence-corrected chi connectivity index (χ0v) is 17.5. The molecule has 1 saturated carbocycles. The highest BCUT2D eigenvalue weighted by Gasteiger charge is 2.31. The van der Waals surface area contributed by atoms with Crippen LogP contribution in [0, 0.1) is 0 Å². The third-order valence-electron chi connectivity index (χ3n) is 4.25. The Hall–Kier alpha value is -2.35. The Balaban J connectivity index is 1.69. The average molecular weight is 402 g/mol. The lowest BCUT2D eigenvalue weighted by Crippen LogP contribution is -2.49. The van der Waals surface area contributed by atoms with Gasteiger partial charge < -0.3 is 9.88 Å². The Morgan fingerprint density at radius 1 is 1.21 bits per heavy atom. The van der Waals surface area contributed by atoms with Crippen molar-refractivity contribution in [2.24, 2.45) is 0 Å². The fraction of sp³-hybridized carbons (Fsp3) is 0.500. The lowest BCUT2D eigenvalue weighted by molar-refractivity contribution is -0.119. The zero-order valence-electron chi connectivity index (χ0n) is 16.7. The summed E-state index contributed by atoms with van der Waals surface area (Å²) in [5, 5.41) is 14.1. The largest absolute Gasteiger partial charge is 0.333 e. The molecule has 2 aromatic rings. The van der Waals surface area contributed by atoms with Crippen LogP contribution in [0.25, 0.3) is 0 Å². The first-order valence-electron chi connectivity index (χ1n) is 9.49. The lowest BCUT2D eigenvalue weighted by atomic mass is 10.1. The molecule has 0 bridgehead atoms. The van der Waals surface area contributed by atoms with Gasteiger partial charge in [-0.05, 0) is 46.1 Å². The molecule has 7 nitrogen and oxygen atoms in total. The van der Waals surface area contributed by atoms with Gasteiger partial charge >= 0.3 is 6.03 Å². The van der Waals surface area contributed by atoms with Crippen LogP contribution in [0.3, 0.4) is 0 Å². The number of carbonyl (C=O) groups is 2. The highest BCUT2D eigenvalue weighted by Crippen LogP contribution is 2.40. The van der Waals surface area contributed by atoms with E-state index in [2.05, 4.69) is 37.5 Å². The zero-order chi connectivity index (χ0) is 20.3. The number of thioether (sulfide) groups is 1. The van der Waals surface area contributed by atoms with E-state index >= 15 is 0 Å². The van der Waals surface area contributed by atoms with Crippen LogP contribution in [0.1, 0.15) is 57.8 Å². The monoisotopic (exact) mass is 401 g/mol. The molecule has 0 saturated heterocycles. The highest BCUT2D eigenvalue weighted by molar-refractivity contribution is 8.00. The standard InChI is InChI=1S/C20H27N5O2S/c1-13(17(26)21-18(27)22-20(2,3)4)28-19-24-23-16(15-10-11-15)25(19)12-14-8-6-5-7-9-14/h5-9,13,15H,10-12H2,1-4H3,(H2,21,22,26,27). The van der Waals surface area contributed by atoms with Crippen LogP contribution < -0.4 is 10.6 Å². The van der Waals surface area contributed by atoms with Gasteiger partial charge in [-0.3, -0.25) is 10.1 Å². The molecular weight excluding hydrogens is 374 g/mol. The Morgan fingerprint density at radius 3 is 2.50 bits per heavy atom. The maximum Gasteiger partial charge on any atom is 0.321 e. The Morgan fingerprint density at radius 2 is 1.89 bits per heavy atom. The molecular formula is C20H27N5O2S. The van der Waals surface area contributed by atoms with E-state index in [0.717, 1.165) is 24.2 Å². The molecule has 1 aromatic heterocycles. The summed E-state index contributed by atoms with van der Waals surface area (Å²) in [6, 6.07) is 9.65. The van der Waals surface area contributed by atoms with Gasteiger partial charge in [0.05, 0.1) is 11.8 Å². The predicted octanol–water partition coefficient (Wildman–Crippen LogP) is 3.31. The number of imide groups is 1. The molecule has 0 spiro atoms.